The standard InChI is InChI=1S/C21H19NO3S3/c1-21(2)18-16(20(26)28-27-18)14-6-5-7-15(25-4)17(14)22(21)19(23)12-8-10-13(24-3)11-9-12/h5-11H,1-4H3. The van der Waals surface area contributed by atoms with Crippen LogP contribution in [0.15, 0.2) is 42.5 Å². The second kappa shape index (κ2) is 6.99. The summed E-state index contributed by atoms with van der Waals surface area (Å²) < 4.78 is 11.7. The van der Waals surface area contributed by atoms with Crippen LogP contribution in [-0.4, -0.2) is 20.1 Å². The van der Waals surface area contributed by atoms with E-state index in [1.807, 2.05) is 23.1 Å². The van der Waals surface area contributed by atoms with Crippen molar-refractivity contribution in [3.63, 3.8) is 0 Å². The number of benzene rings is 2. The van der Waals surface area contributed by atoms with Gasteiger partial charge in [-0.1, -0.05) is 45.0 Å². The highest BCUT2D eigenvalue weighted by atomic mass is 32.9. The third-order valence-electron chi connectivity index (χ3n) is 5.00. The summed E-state index contributed by atoms with van der Waals surface area (Å²) in [7, 11) is 6.45. The van der Waals surface area contributed by atoms with Crippen LogP contribution in [0.25, 0.3) is 11.1 Å². The van der Waals surface area contributed by atoms with Gasteiger partial charge in [0, 0.05) is 16.7 Å². The average Bonchev–Trinajstić information content (AvgIpc) is 3.10. The van der Waals surface area contributed by atoms with Gasteiger partial charge < -0.3 is 9.47 Å². The maximum atomic E-state index is 13.7. The van der Waals surface area contributed by atoms with Crippen LogP contribution in [0.4, 0.5) is 5.69 Å². The predicted molar refractivity (Wildman–Crippen MR) is 118 cm³/mol. The molecule has 0 spiro atoms. The third-order valence-corrected chi connectivity index (χ3v) is 8.33. The number of para-hydroxylation sites is 1. The van der Waals surface area contributed by atoms with E-state index in [0.29, 0.717) is 17.1 Å². The molecule has 0 N–H and O–H groups in total. The highest BCUT2D eigenvalue weighted by Gasteiger charge is 2.44. The Morgan fingerprint density at radius 1 is 1.04 bits per heavy atom. The van der Waals surface area contributed by atoms with Crippen molar-refractivity contribution in [1.29, 1.82) is 0 Å². The lowest BCUT2D eigenvalue weighted by Crippen LogP contribution is -2.48. The summed E-state index contributed by atoms with van der Waals surface area (Å²) in [6.45, 7) is 4.11. The van der Waals surface area contributed by atoms with E-state index in [0.717, 1.165) is 25.5 Å². The summed E-state index contributed by atoms with van der Waals surface area (Å²) in [5.41, 5.74) is 2.78. The molecule has 0 fully saturated rings. The molecule has 2 heterocycles. The van der Waals surface area contributed by atoms with E-state index in [9.17, 15) is 4.79 Å². The largest absolute Gasteiger partial charge is 0.497 e. The zero-order chi connectivity index (χ0) is 20.1. The second-order valence-corrected chi connectivity index (χ2v) is 9.76. The van der Waals surface area contributed by atoms with Crippen LogP contribution in [0, 0.1) is 3.82 Å². The number of carbonyl (C=O) groups is 1. The van der Waals surface area contributed by atoms with E-state index in [4.69, 9.17) is 21.7 Å². The Kier molecular flexibility index (Phi) is 4.77. The van der Waals surface area contributed by atoms with Crippen LogP contribution in [0.2, 0.25) is 0 Å². The molecule has 0 bridgehead atoms. The Bertz CT molecular complexity index is 1110. The lowest BCUT2D eigenvalue weighted by atomic mass is 9.86. The molecule has 0 aliphatic carbocycles. The molecule has 1 aromatic heterocycles. The number of carbonyl (C=O) groups excluding carboxylic acids is 1. The Labute approximate surface area is 176 Å². The molecular weight excluding hydrogens is 410 g/mol. The summed E-state index contributed by atoms with van der Waals surface area (Å²) in [6.07, 6.45) is 0. The first-order valence-corrected chi connectivity index (χ1v) is 11.3. The van der Waals surface area contributed by atoms with Gasteiger partial charge in [0.1, 0.15) is 15.3 Å². The van der Waals surface area contributed by atoms with Crippen molar-refractivity contribution in [3.05, 3.63) is 56.7 Å². The quantitative estimate of drug-likeness (QED) is 0.371. The van der Waals surface area contributed by atoms with Gasteiger partial charge in [-0.05, 0) is 44.2 Å². The summed E-state index contributed by atoms with van der Waals surface area (Å²) in [5.74, 6) is 1.28. The molecule has 0 unspecified atom stereocenters. The van der Waals surface area contributed by atoms with E-state index < -0.39 is 5.54 Å². The summed E-state index contributed by atoms with van der Waals surface area (Å²) in [6, 6.07) is 13.0. The maximum absolute atomic E-state index is 13.7. The number of ether oxygens (including phenoxy) is 2. The fourth-order valence-electron chi connectivity index (χ4n) is 3.61. The van der Waals surface area contributed by atoms with Crippen molar-refractivity contribution in [2.75, 3.05) is 19.1 Å². The number of methoxy groups -OCH3 is 2. The minimum absolute atomic E-state index is 0.0895. The SMILES string of the molecule is COc1ccc(C(=O)N2c3c(OC)cccc3-c3c(ssc3=S)C2(C)C)cc1. The Morgan fingerprint density at radius 3 is 2.39 bits per heavy atom. The van der Waals surface area contributed by atoms with Crippen LogP contribution in [0.3, 0.4) is 0 Å². The molecule has 0 radical (unpaired) electrons. The second-order valence-electron chi connectivity index (χ2n) is 6.94. The fraction of sp³-hybridized carbons (Fsp3) is 0.238. The molecule has 3 aromatic rings. The minimum atomic E-state index is -0.563. The average molecular weight is 430 g/mol. The van der Waals surface area contributed by atoms with Crippen molar-refractivity contribution in [1.82, 2.24) is 0 Å². The van der Waals surface area contributed by atoms with Crippen LogP contribution in [0.5, 0.6) is 11.5 Å². The topological polar surface area (TPSA) is 38.8 Å². The molecule has 0 saturated carbocycles. The number of hydrogen-bond donors (Lipinski definition) is 0. The van der Waals surface area contributed by atoms with E-state index >= 15 is 0 Å². The number of nitrogens with zero attached hydrogens (tertiary/aromatic N) is 1. The molecule has 7 heteroatoms. The van der Waals surface area contributed by atoms with Crippen LogP contribution in [0.1, 0.15) is 29.1 Å². The molecule has 1 aliphatic heterocycles. The highest BCUT2D eigenvalue weighted by molar-refractivity contribution is 7.80. The molecule has 0 saturated heterocycles. The zero-order valence-electron chi connectivity index (χ0n) is 15.9. The first kappa shape index (κ1) is 19.1. The van der Waals surface area contributed by atoms with Crippen molar-refractivity contribution < 1.29 is 14.3 Å². The Hall–Kier alpha value is -2.22. The minimum Gasteiger partial charge on any atom is -0.497 e. The van der Waals surface area contributed by atoms with Gasteiger partial charge in [0.25, 0.3) is 5.91 Å². The van der Waals surface area contributed by atoms with Gasteiger partial charge in [0.05, 0.1) is 30.3 Å². The van der Waals surface area contributed by atoms with Gasteiger partial charge in [-0.25, -0.2) is 0 Å². The third kappa shape index (κ3) is 2.77. The van der Waals surface area contributed by atoms with Gasteiger partial charge in [0.15, 0.2) is 0 Å². The Balaban J connectivity index is 1.97. The van der Waals surface area contributed by atoms with E-state index in [1.165, 1.54) is 0 Å². The molecule has 4 nitrogen and oxygen atoms in total. The first-order chi connectivity index (χ1) is 13.4. The van der Waals surface area contributed by atoms with Crippen LogP contribution in [-0.2, 0) is 5.54 Å². The van der Waals surface area contributed by atoms with Crippen molar-refractivity contribution >= 4 is 44.5 Å². The molecule has 144 valence electrons. The van der Waals surface area contributed by atoms with Gasteiger partial charge in [-0.2, -0.15) is 0 Å². The van der Waals surface area contributed by atoms with Gasteiger partial charge in [-0.3, -0.25) is 9.69 Å². The maximum Gasteiger partial charge on any atom is 0.259 e. The summed E-state index contributed by atoms with van der Waals surface area (Å²) in [4.78, 5) is 16.6. The van der Waals surface area contributed by atoms with Gasteiger partial charge in [0.2, 0.25) is 0 Å². The van der Waals surface area contributed by atoms with Crippen LogP contribution >= 0.6 is 32.9 Å². The number of anilines is 1. The van der Waals surface area contributed by atoms with Crippen LogP contribution < -0.4 is 14.4 Å². The lowest BCUT2D eigenvalue weighted by molar-refractivity contribution is 0.0960. The normalized spacial score (nSPS) is 14.2. The smallest absolute Gasteiger partial charge is 0.259 e. The van der Waals surface area contributed by atoms with Gasteiger partial charge in [-0.15, -0.1) is 0 Å². The molecule has 1 amide bonds. The molecule has 2 aromatic carbocycles. The predicted octanol–water partition coefficient (Wildman–Crippen LogP) is 6.12. The van der Waals surface area contributed by atoms with Gasteiger partial charge >= 0.3 is 0 Å². The summed E-state index contributed by atoms with van der Waals surface area (Å²) >= 11 is 5.63. The number of fused-ring (bicyclic) bond motifs is 3. The molecule has 4 rings (SSSR count). The highest BCUT2D eigenvalue weighted by Crippen LogP contribution is 2.55. The first-order valence-electron chi connectivity index (χ1n) is 8.69. The number of amides is 1. The molecule has 28 heavy (non-hydrogen) atoms. The lowest BCUT2D eigenvalue weighted by Gasteiger charge is -2.43. The Morgan fingerprint density at radius 2 is 1.75 bits per heavy atom. The van der Waals surface area contributed by atoms with E-state index in [1.54, 1.807) is 59.2 Å². The molecular formula is C21H19NO3S3. The van der Waals surface area contributed by atoms with E-state index in [2.05, 4.69) is 13.8 Å². The van der Waals surface area contributed by atoms with Crippen molar-refractivity contribution in [3.8, 4) is 22.6 Å². The number of rotatable bonds is 3. The summed E-state index contributed by atoms with van der Waals surface area (Å²) in [5, 5.41) is 0. The van der Waals surface area contributed by atoms with Crippen molar-refractivity contribution in [2.45, 2.75) is 19.4 Å². The fourth-order valence-corrected chi connectivity index (χ4v) is 6.90. The van der Waals surface area contributed by atoms with E-state index in [-0.39, 0.29) is 5.91 Å². The molecule has 1 aliphatic rings. The molecule has 0 atom stereocenters. The van der Waals surface area contributed by atoms with Crippen molar-refractivity contribution in [2.24, 2.45) is 0 Å². The zero-order valence-corrected chi connectivity index (χ0v) is 18.4. The number of hydrogen-bond acceptors (Lipinski definition) is 6. The monoisotopic (exact) mass is 429 g/mol.